The number of imidazole rings is 1. The van der Waals surface area contributed by atoms with E-state index >= 15 is 0 Å². The molecular weight excluding hydrogens is 637 g/mol. The van der Waals surface area contributed by atoms with Gasteiger partial charge in [0.1, 0.15) is 17.2 Å². The highest BCUT2D eigenvalue weighted by Crippen LogP contribution is 2.32. The highest BCUT2D eigenvalue weighted by molar-refractivity contribution is 6.36. The number of hydrogen-bond acceptors (Lipinski definition) is 5. The number of carbonyl (C=O) groups excluding carboxylic acids is 1. The summed E-state index contributed by atoms with van der Waals surface area (Å²) < 4.78 is 13.0. The van der Waals surface area contributed by atoms with Gasteiger partial charge in [-0.3, -0.25) is 0 Å². The lowest BCUT2D eigenvalue weighted by molar-refractivity contribution is 0.0506. The van der Waals surface area contributed by atoms with Crippen LogP contribution in [-0.2, 0) is 11.3 Å². The third-order valence-corrected chi connectivity index (χ3v) is 7.98. The van der Waals surface area contributed by atoms with Crippen LogP contribution in [0.4, 0.5) is 4.79 Å². The average Bonchev–Trinajstić information content (AvgIpc) is 3.41. The molecule has 4 aromatic rings. The molecule has 8 nitrogen and oxygen atoms in total. The fraction of sp³-hybridized carbons (Fsp3) is 0.216. The number of hydrogen-bond donors (Lipinski definition) is 2. The monoisotopic (exact) mass is 671 g/mol. The van der Waals surface area contributed by atoms with Gasteiger partial charge in [0.2, 0.25) is 0 Å². The van der Waals surface area contributed by atoms with Gasteiger partial charge >= 0.3 is 12.1 Å². The van der Waals surface area contributed by atoms with Gasteiger partial charge in [-0.1, -0.05) is 71.8 Å². The first-order valence-corrected chi connectivity index (χ1v) is 15.7. The largest absolute Gasteiger partial charge is 0.497 e. The maximum absolute atomic E-state index is 13.1. The fourth-order valence-electron chi connectivity index (χ4n) is 5.11. The van der Waals surface area contributed by atoms with Gasteiger partial charge in [0, 0.05) is 29.2 Å². The lowest BCUT2D eigenvalue weighted by atomic mass is 9.86. The van der Waals surface area contributed by atoms with Crippen molar-refractivity contribution in [3.8, 4) is 17.0 Å². The molecule has 10 heteroatoms. The summed E-state index contributed by atoms with van der Waals surface area (Å²) in [6, 6.07) is 19.7. The van der Waals surface area contributed by atoms with Crippen molar-refractivity contribution >= 4 is 41.3 Å². The predicted molar refractivity (Wildman–Crippen MR) is 185 cm³/mol. The molecule has 47 heavy (non-hydrogen) atoms. The van der Waals surface area contributed by atoms with Crippen molar-refractivity contribution in [3.05, 3.63) is 136 Å². The van der Waals surface area contributed by atoms with Crippen molar-refractivity contribution in [2.24, 2.45) is 0 Å². The number of amides is 1. The third kappa shape index (κ3) is 8.52. The highest BCUT2D eigenvalue weighted by atomic mass is 35.5. The molecule has 0 aliphatic heterocycles. The van der Waals surface area contributed by atoms with Crippen molar-refractivity contribution < 1.29 is 24.2 Å². The molecule has 3 aromatic carbocycles. The zero-order valence-electron chi connectivity index (χ0n) is 26.4. The molecule has 1 heterocycles. The fourth-order valence-corrected chi connectivity index (χ4v) is 5.62. The number of allylic oxidation sites excluding steroid dienone is 2. The van der Waals surface area contributed by atoms with Gasteiger partial charge in [-0.15, -0.1) is 0 Å². The number of carboxylic acids is 1. The van der Waals surface area contributed by atoms with Crippen molar-refractivity contribution in [1.29, 1.82) is 0 Å². The molecule has 0 saturated heterocycles. The lowest BCUT2D eigenvalue weighted by Crippen LogP contribution is -2.47. The standard InChI is InChI=1S/C37H35Cl2N3O5/c1-36(2,3)47-35(45)41-37(17-14-25(15-18-37)27-6-5-7-29(20-27)46-4)19-16-33-40-32(30-13-12-28(38)21-31(30)39)23-42(33)22-24-8-10-26(11-9-24)34(43)44/h5-21,23,25H,22H2,1-4H3,(H,41,45)(H,43,44)/b19-16+. The predicted octanol–water partition coefficient (Wildman–Crippen LogP) is 8.80. The van der Waals surface area contributed by atoms with E-state index in [1.165, 1.54) is 0 Å². The summed E-state index contributed by atoms with van der Waals surface area (Å²) in [7, 11) is 1.63. The molecule has 0 radical (unpaired) electrons. The molecule has 1 aromatic heterocycles. The molecule has 0 fully saturated rings. The topological polar surface area (TPSA) is 103 Å². The minimum absolute atomic E-state index is 0.0403. The second kappa shape index (κ2) is 13.9. The normalized spacial score (nSPS) is 17.5. The van der Waals surface area contributed by atoms with Crippen LogP contribution in [0.15, 0.2) is 103 Å². The van der Waals surface area contributed by atoms with Gasteiger partial charge in [0.25, 0.3) is 0 Å². The van der Waals surface area contributed by atoms with Crippen molar-refractivity contribution in [1.82, 2.24) is 14.9 Å². The van der Waals surface area contributed by atoms with E-state index in [2.05, 4.69) is 5.32 Å². The average molecular weight is 673 g/mol. The molecule has 1 aliphatic carbocycles. The number of carbonyl (C=O) groups is 2. The molecule has 0 atom stereocenters. The smallest absolute Gasteiger partial charge is 0.408 e. The van der Waals surface area contributed by atoms with Crippen LogP contribution in [0.2, 0.25) is 10.0 Å². The van der Waals surface area contributed by atoms with Crippen LogP contribution in [0.25, 0.3) is 17.3 Å². The van der Waals surface area contributed by atoms with Crippen LogP contribution in [0.5, 0.6) is 5.75 Å². The Hall–Kier alpha value is -4.79. The van der Waals surface area contributed by atoms with Crippen LogP contribution in [-0.4, -0.2) is 45.0 Å². The minimum Gasteiger partial charge on any atom is -0.497 e. The summed E-state index contributed by atoms with van der Waals surface area (Å²) >= 11 is 12.7. The van der Waals surface area contributed by atoms with Gasteiger partial charge in [-0.25, -0.2) is 14.6 Å². The zero-order valence-corrected chi connectivity index (χ0v) is 27.9. The van der Waals surface area contributed by atoms with E-state index in [4.69, 9.17) is 37.7 Å². The molecular formula is C37H35Cl2N3O5. The molecule has 0 spiro atoms. The van der Waals surface area contributed by atoms with Crippen LogP contribution < -0.4 is 10.1 Å². The van der Waals surface area contributed by atoms with Crippen LogP contribution in [0, 0.1) is 0 Å². The number of nitrogens with zero attached hydrogens (tertiary/aromatic N) is 2. The Bertz CT molecular complexity index is 1860. The summed E-state index contributed by atoms with van der Waals surface area (Å²) in [5.41, 5.74) is 1.71. The maximum Gasteiger partial charge on any atom is 0.408 e. The second-order valence-corrected chi connectivity index (χ2v) is 13.0. The van der Waals surface area contributed by atoms with E-state index in [1.807, 2.05) is 98.3 Å². The number of aromatic carboxylic acids is 1. The van der Waals surface area contributed by atoms with Crippen LogP contribution >= 0.6 is 23.2 Å². The Morgan fingerprint density at radius 2 is 1.77 bits per heavy atom. The van der Waals surface area contributed by atoms with Crippen molar-refractivity contribution in [2.45, 2.75) is 44.4 Å². The Morgan fingerprint density at radius 3 is 2.40 bits per heavy atom. The lowest BCUT2D eigenvalue weighted by Gasteiger charge is -2.31. The first-order chi connectivity index (χ1) is 22.3. The van der Waals surface area contributed by atoms with Gasteiger partial charge in [-0.05, 0) is 86.5 Å². The maximum atomic E-state index is 13.1. The number of benzene rings is 3. The summed E-state index contributed by atoms with van der Waals surface area (Å²) in [5.74, 6) is 0.304. The van der Waals surface area contributed by atoms with E-state index < -0.39 is 23.2 Å². The van der Waals surface area contributed by atoms with Gasteiger partial charge in [0.15, 0.2) is 0 Å². The van der Waals surface area contributed by atoms with E-state index in [9.17, 15) is 14.7 Å². The summed E-state index contributed by atoms with van der Waals surface area (Å²) in [5, 5.41) is 13.3. The Labute approximate surface area is 284 Å². The van der Waals surface area contributed by atoms with E-state index in [0.717, 1.165) is 16.9 Å². The molecule has 0 bridgehead atoms. The molecule has 242 valence electrons. The third-order valence-electron chi connectivity index (χ3n) is 7.43. The number of methoxy groups -OCH3 is 1. The van der Waals surface area contributed by atoms with Crippen molar-refractivity contribution in [3.63, 3.8) is 0 Å². The number of nitrogens with one attached hydrogen (secondary N) is 1. The van der Waals surface area contributed by atoms with Gasteiger partial charge < -0.3 is 24.5 Å². The van der Waals surface area contributed by atoms with Gasteiger partial charge in [0.05, 0.1) is 28.9 Å². The first-order valence-electron chi connectivity index (χ1n) is 14.9. The van der Waals surface area contributed by atoms with E-state index in [-0.39, 0.29) is 11.5 Å². The Balaban J connectivity index is 1.53. The van der Waals surface area contributed by atoms with Crippen LogP contribution in [0.1, 0.15) is 54.0 Å². The Morgan fingerprint density at radius 1 is 1.04 bits per heavy atom. The number of alkyl carbamates (subject to hydrolysis) is 1. The summed E-state index contributed by atoms with van der Waals surface area (Å²) in [6.07, 6.45) is 12.9. The number of carboxylic acid groups (broad SMARTS) is 1. The number of ether oxygens (including phenoxy) is 2. The number of rotatable bonds is 9. The molecule has 1 aliphatic rings. The number of aromatic nitrogens is 2. The van der Waals surface area contributed by atoms with Crippen molar-refractivity contribution in [2.75, 3.05) is 7.11 Å². The molecule has 0 saturated carbocycles. The minimum atomic E-state index is -1.03. The summed E-state index contributed by atoms with van der Waals surface area (Å²) in [6.45, 7) is 5.82. The van der Waals surface area contributed by atoms with E-state index in [0.29, 0.717) is 33.7 Å². The van der Waals surface area contributed by atoms with Crippen LogP contribution in [0.3, 0.4) is 0 Å². The SMILES string of the molecule is COc1cccc(C2C=CC(/C=C/c3nc(-c4ccc(Cl)cc4Cl)cn3Cc3ccc(C(=O)O)cc3)(NC(=O)OC(C)(C)C)C=C2)c1. The van der Waals surface area contributed by atoms with Gasteiger partial charge in [-0.2, -0.15) is 0 Å². The highest BCUT2D eigenvalue weighted by Gasteiger charge is 2.30. The number of halogens is 2. The molecule has 1 amide bonds. The Kier molecular flexibility index (Phi) is 9.94. The van der Waals surface area contributed by atoms with E-state index in [1.54, 1.807) is 43.5 Å². The summed E-state index contributed by atoms with van der Waals surface area (Å²) in [4.78, 5) is 29.4. The quantitative estimate of drug-likeness (QED) is 0.172. The second-order valence-electron chi connectivity index (χ2n) is 12.2. The molecule has 2 N–H and O–H groups in total. The zero-order chi connectivity index (χ0) is 33.8. The first kappa shape index (κ1) is 33.6. The molecule has 5 rings (SSSR count). The molecule has 0 unspecified atom stereocenters.